The first-order valence-corrected chi connectivity index (χ1v) is 13.3. The van der Waals surface area contributed by atoms with E-state index in [9.17, 15) is 4.79 Å². The summed E-state index contributed by atoms with van der Waals surface area (Å²) in [6, 6.07) is 5.75. The van der Waals surface area contributed by atoms with Crippen molar-refractivity contribution < 1.29 is 4.79 Å². The van der Waals surface area contributed by atoms with E-state index in [1.165, 1.54) is 94.8 Å². The maximum Gasteiger partial charge on any atom is 0.226 e. The van der Waals surface area contributed by atoms with Gasteiger partial charge in [0.1, 0.15) is 5.69 Å². The lowest BCUT2D eigenvalue weighted by molar-refractivity contribution is -0.116. The SMILES string of the molecule is CCCCCCCCCCCCCCCCCC(=O)Nc1nc(-c2ccccn2)cs1. The molecular formula is C26H41N3OS. The smallest absolute Gasteiger partial charge is 0.226 e. The van der Waals surface area contributed by atoms with Crippen molar-refractivity contribution in [3.63, 3.8) is 0 Å². The molecule has 0 fully saturated rings. The number of carbonyl (C=O) groups is 1. The number of carbonyl (C=O) groups excluding carboxylic acids is 1. The van der Waals surface area contributed by atoms with Crippen LogP contribution in [0.2, 0.25) is 0 Å². The second kappa shape index (κ2) is 16.9. The van der Waals surface area contributed by atoms with Gasteiger partial charge in [0.25, 0.3) is 0 Å². The summed E-state index contributed by atoms with van der Waals surface area (Å²) in [4.78, 5) is 20.9. The molecule has 0 unspecified atom stereocenters. The zero-order chi connectivity index (χ0) is 22.0. The number of rotatable bonds is 18. The molecule has 0 bridgehead atoms. The molecule has 2 heterocycles. The van der Waals surface area contributed by atoms with Gasteiger partial charge in [-0.25, -0.2) is 4.98 Å². The second-order valence-electron chi connectivity index (χ2n) is 8.50. The average molecular weight is 444 g/mol. The van der Waals surface area contributed by atoms with Crippen LogP contribution < -0.4 is 5.32 Å². The Kier molecular flexibility index (Phi) is 13.9. The van der Waals surface area contributed by atoms with Gasteiger partial charge in [0.05, 0.1) is 5.69 Å². The van der Waals surface area contributed by atoms with Crippen LogP contribution in [-0.4, -0.2) is 15.9 Å². The minimum atomic E-state index is 0.0663. The van der Waals surface area contributed by atoms with Crippen molar-refractivity contribution in [1.29, 1.82) is 0 Å². The number of anilines is 1. The van der Waals surface area contributed by atoms with Gasteiger partial charge in [-0.3, -0.25) is 9.78 Å². The standard InChI is InChI=1S/C26H41N3OS/c1-2-3-4-5-6-7-8-9-10-11-12-13-14-15-16-20-25(30)29-26-28-24(22-31-26)23-19-17-18-21-27-23/h17-19,21-22H,2-16,20H2,1H3,(H,28,29,30). The fourth-order valence-corrected chi connectivity index (χ4v) is 4.52. The third-order valence-corrected chi connectivity index (χ3v) is 6.44. The lowest BCUT2D eigenvalue weighted by atomic mass is 10.0. The summed E-state index contributed by atoms with van der Waals surface area (Å²) in [6.07, 6.45) is 22.4. The first-order valence-electron chi connectivity index (χ1n) is 12.5. The van der Waals surface area contributed by atoms with Crippen LogP contribution in [0.1, 0.15) is 110 Å². The highest BCUT2D eigenvalue weighted by Crippen LogP contribution is 2.23. The molecule has 1 amide bonds. The van der Waals surface area contributed by atoms with Crippen LogP contribution in [0.15, 0.2) is 29.8 Å². The van der Waals surface area contributed by atoms with Crippen molar-refractivity contribution >= 4 is 22.4 Å². The number of amides is 1. The lowest BCUT2D eigenvalue weighted by Gasteiger charge is -2.04. The van der Waals surface area contributed by atoms with Crippen LogP contribution in [-0.2, 0) is 4.79 Å². The molecule has 0 radical (unpaired) electrons. The predicted octanol–water partition coefficient (Wildman–Crippen LogP) is 8.41. The number of hydrogen-bond donors (Lipinski definition) is 1. The van der Waals surface area contributed by atoms with E-state index in [2.05, 4.69) is 22.2 Å². The molecule has 0 saturated carbocycles. The van der Waals surface area contributed by atoms with Gasteiger partial charge in [-0.1, -0.05) is 103 Å². The third kappa shape index (κ3) is 12.0. The molecule has 0 spiro atoms. The van der Waals surface area contributed by atoms with Crippen LogP contribution in [0.3, 0.4) is 0 Å². The highest BCUT2D eigenvalue weighted by atomic mass is 32.1. The molecule has 4 nitrogen and oxygen atoms in total. The van der Waals surface area contributed by atoms with E-state index in [-0.39, 0.29) is 5.91 Å². The Bertz CT molecular complexity index is 702. The highest BCUT2D eigenvalue weighted by Gasteiger charge is 2.08. The number of unbranched alkanes of at least 4 members (excludes halogenated alkanes) is 14. The van der Waals surface area contributed by atoms with Crippen molar-refractivity contribution in [3.8, 4) is 11.4 Å². The summed E-state index contributed by atoms with van der Waals surface area (Å²) in [7, 11) is 0. The normalized spacial score (nSPS) is 11.0. The van der Waals surface area contributed by atoms with E-state index in [4.69, 9.17) is 0 Å². The first-order chi connectivity index (χ1) is 15.3. The molecule has 2 rings (SSSR count). The summed E-state index contributed by atoms with van der Waals surface area (Å²) < 4.78 is 0. The van der Waals surface area contributed by atoms with Gasteiger partial charge in [0.15, 0.2) is 5.13 Å². The van der Waals surface area contributed by atoms with Crippen LogP contribution in [0.25, 0.3) is 11.4 Å². The van der Waals surface area contributed by atoms with Crippen molar-refractivity contribution in [3.05, 3.63) is 29.8 Å². The number of aromatic nitrogens is 2. The first kappa shape index (κ1) is 25.5. The molecular weight excluding hydrogens is 402 g/mol. The van der Waals surface area contributed by atoms with Gasteiger partial charge in [0.2, 0.25) is 5.91 Å². The summed E-state index contributed by atoms with van der Waals surface area (Å²) in [5, 5.41) is 5.52. The van der Waals surface area contributed by atoms with Gasteiger partial charge in [0, 0.05) is 18.0 Å². The van der Waals surface area contributed by atoms with Crippen molar-refractivity contribution in [2.24, 2.45) is 0 Å². The minimum absolute atomic E-state index is 0.0663. The van der Waals surface area contributed by atoms with E-state index in [0.717, 1.165) is 24.2 Å². The zero-order valence-corrected chi connectivity index (χ0v) is 20.2. The number of pyridine rings is 1. The van der Waals surface area contributed by atoms with E-state index in [1.54, 1.807) is 6.20 Å². The van der Waals surface area contributed by atoms with Crippen molar-refractivity contribution in [1.82, 2.24) is 9.97 Å². The molecule has 172 valence electrons. The molecule has 0 aliphatic rings. The Hall–Kier alpha value is -1.75. The van der Waals surface area contributed by atoms with Gasteiger partial charge in [-0.2, -0.15) is 0 Å². The topological polar surface area (TPSA) is 54.9 Å². The maximum atomic E-state index is 12.1. The van der Waals surface area contributed by atoms with Crippen LogP contribution in [0.4, 0.5) is 5.13 Å². The average Bonchev–Trinajstić information content (AvgIpc) is 3.25. The van der Waals surface area contributed by atoms with Gasteiger partial charge >= 0.3 is 0 Å². The molecule has 5 heteroatoms. The van der Waals surface area contributed by atoms with Crippen LogP contribution in [0, 0.1) is 0 Å². The Labute approximate surface area is 193 Å². The number of thiazole rings is 1. The molecule has 31 heavy (non-hydrogen) atoms. The Morgan fingerprint density at radius 2 is 1.39 bits per heavy atom. The molecule has 0 saturated heterocycles. The summed E-state index contributed by atoms with van der Waals surface area (Å²) in [6.45, 7) is 2.28. The van der Waals surface area contributed by atoms with Crippen LogP contribution in [0.5, 0.6) is 0 Å². The van der Waals surface area contributed by atoms with Gasteiger partial charge < -0.3 is 5.32 Å². The monoisotopic (exact) mass is 443 g/mol. The highest BCUT2D eigenvalue weighted by molar-refractivity contribution is 7.14. The van der Waals surface area contributed by atoms with E-state index >= 15 is 0 Å². The fraction of sp³-hybridized carbons (Fsp3) is 0.654. The summed E-state index contributed by atoms with van der Waals surface area (Å²) >= 11 is 1.45. The molecule has 0 aromatic carbocycles. The van der Waals surface area contributed by atoms with E-state index < -0.39 is 0 Å². The molecule has 2 aromatic heterocycles. The van der Waals surface area contributed by atoms with E-state index in [1.807, 2.05) is 23.6 Å². The largest absolute Gasteiger partial charge is 0.302 e. The quantitative estimate of drug-likeness (QED) is 0.235. The molecule has 0 atom stereocenters. The Morgan fingerprint density at radius 1 is 0.806 bits per heavy atom. The van der Waals surface area contributed by atoms with Crippen molar-refractivity contribution in [2.45, 2.75) is 110 Å². The Morgan fingerprint density at radius 3 is 1.94 bits per heavy atom. The number of hydrogen-bond acceptors (Lipinski definition) is 4. The number of nitrogens with zero attached hydrogens (tertiary/aromatic N) is 2. The molecule has 1 N–H and O–H groups in total. The summed E-state index contributed by atoms with van der Waals surface area (Å²) in [5.41, 5.74) is 1.65. The van der Waals surface area contributed by atoms with Gasteiger partial charge in [-0.15, -0.1) is 11.3 Å². The lowest BCUT2D eigenvalue weighted by Crippen LogP contribution is -2.10. The minimum Gasteiger partial charge on any atom is -0.302 e. The fourth-order valence-electron chi connectivity index (χ4n) is 3.80. The Balaban J connectivity index is 1.39. The van der Waals surface area contributed by atoms with Gasteiger partial charge in [-0.05, 0) is 18.6 Å². The second-order valence-corrected chi connectivity index (χ2v) is 9.36. The van der Waals surface area contributed by atoms with E-state index in [0.29, 0.717) is 11.6 Å². The molecule has 2 aromatic rings. The predicted molar refractivity (Wildman–Crippen MR) is 134 cm³/mol. The maximum absolute atomic E-state index is 12.1. The zero-order valence-electron chi connectivity index (χ0n) is 19.4. The number of nitrogens with one attached hydrogen (secondary N) is 1. The summed E-state index contributed by atoms with van der Waals surface area (Å²) in [5.74, 6) is 0.0663. The third-order valence-electron chi connectivity index (χ3n) is 5.69. The van der Waals surface area contributed by atoms with Crippen LogP contribution >= 0.6 is 11.3 Å². The van der Waals surface area contributed by atoms with Crippen molar-refractivity contribution in [2.75, 3.05) is 5.32 Å². The molecule has 0 aliphatic heterocycles. The molecule has 0 aliphatic carbocycles.